The molecule has 0 aliphatic carbocycles. The molecule has 0 aromatic heterocycles. The average molecular weight is 246 g/mol. The number of aliphatic hydroxyl groups excluding tert-OH is 1. The van der Waals surface area contributed by atoms with Gasteiger partial charge in [0.15, 0.2) is 0 Å². The van der Waals surface area contributed by atoms with Gasteiger partial charge in [-0.2, -0.15) is 5.26 Å². The van der Waals surface area contributed by atoms with Crippen LogP contribution in [-0.2, 0) is 15.7 Å². The monoisotopic (exact) mass is 245 g/mol. The third-order valence-electron chi connectivity index (χ3n) is 1.92. The minimum atomic E-state index is -3.96. The van der Waals surface area contributed by atoms with Gasteiger partial charge in [0.25, 0.3) is 9.05 Å². The maximum atomic E-state index is 11.2. The molecule has 0 atom stereocenters. The molecule has 0 heterocycles. The summed E-state index contributed by atoms with van der Waals surface area (Å²) < 4.78 is 22.3. The molecule has 6 heteroatoms. The standard InChI is InChI=1S/C9H8ClNO3S/c1-6-2-7(5-12)3-9(8(6)4-11)15(10,13)14/h2-3,12H,5H2,1H3. The fourth-order valence-electron chi connectivity index (χ4n) is 1.25. The van der Waals surface area contributed by atoms with Crippen LogP contribution in [-0.4, -0.2) is 13.5 Å². The third-order valence-corrected chi connectivity index (χ3v) is 3.26. The number of aliphatic hydroxyl groups is 1. The lowest BCUT2D eigenvalue weighted by Gasteiger charge is -2.06. The summed E-state index contributed by atoms with van der Waals surface area (Å²) in [5, 5.41) is 17.7. The molecule has 0 aliphatic heterocycles. The van der Waals surface area contributed by atoms with Gasteiger partial charge in [-0.05, 0) is 24.1 Å². The Morgan fingerprint density at radius 3 is 2.53 bits per heavy atom. The average Bonchev–Trinajstić information content (AvgIpc) is 2.15. The van der Waals surface area contributed by atoms with Gasteiger partial charge in [0.2, 0.25) is 0 Å². The van der Waals surface area contributed by atoms with E-state index in [4.69, 9.17) is 21.1 Å². The van der Waals surface area contributed by atoms with Crippen molar-refractivity contribution in [1.29, 1.82) is 5.26 Å². The number of rotatable bonds is 2. The van der Waals surface area contributed by atoms with Gasteiger partial charge in [0.05, 0.1) is 12.2 Å². The first-order valence-electron chi connectivity index (χ1n) is 3.99. The van der Waals surface area contributed by atoms with E-state index in [2.05, 4.69) is 0 Å². The molecule has 80 valence electrons. The summed E-state index contributed by atoms with van der Waals surface area (Å²) in [6.45, 7) is 1.29. The Bertz CT molecular complexity index is 531. The van der Waals surface area contributed by atoms with Crippen molar-refractivity contribution < 1.29 is 13.5 Å². The van der Waals surface area contributed by atoms with E-state index in [-0.39, 0.29) is 17.1 Å². The number of halogens is 1. The molecule has 1 aromatic carbocycles. The second-order valence-electron chi connectivity index (χ2n) is 2.99. The van der Waals surface area contributed by atoms with Crippen LogP contribution in [0.25, 0.3) is 0 Å². The van der Waals surface area contributed by atoms with Crippen molar-refractivity contribution in [1.82, 2.24) is 0 Å². The molecule has 0 aliphatic rings. The summed E-state index contributed by atoms with van der Waals surface area (Å²) in [5.74, 6) is 0. The Balaban J connectivity index is 3.63. The van der Waals surface area contributed by atoms with Gasteiger partial charge in [-0.15, -0.1) is 0 Å². The first-order valence-corrected chi connectivity index (χ1v) is 6.30. The Hall–Kier alpha value is -1.09. The number of nitrogens with zero attached hydrogens (tertiary/aromatic N) is 1. The second-order valence-corrected chi connectivity index (χ2v) is 5.53. The van der Waals surface area contributed by atoms with Gasteiger partial charge in [-0.1, -0.05) is 6.07 Å². The van der Waals surface area contributed by atoms with Gasteiger partial charge >= 0.3 is 0 Å². The minimum Gasteiger partial charge on any atom is -0.392 e. The summed E-state index contributed by atoms with van der Waals surface area (Å²) in [4.78, 5) is -0.254. The number of aryl methyl sites for hydroxylation is 1. The van der Waals surface area contributed by atoms with Crippen LogP contribution in [0.1, 0.15) is 16.7 Å². The van der Waals surface area contributed by atoms with Crippen LogP contribution < -0.4 is 0 Å². The van der Waals surface area contributed by atoms with Crippen LogP contribution in [0.5, 0.6) is 0 Å². The number of nitriles is 1. The first kappa shape index (κ1) is 12.0. The van der Waals surface area contributed by atoms with Gasteiger partial charge in [0, 0.05) is 10.7 Å². The lowest BCUT2D eigenvalue weighted by atomic mass is 10.1. The Labute approximate surface area is 92.1 Å². The molecule has 0 unspecified atom stereocenters. The van der Waals surface area contributed by atoms with Crippen molar-refractivity contribution in [3.05, 3.63) is 28.8 Å². The Kier molecular flexibility index (Phi) is 3.35. The lowest BCUT2D eigenvalue weighted by molar-refractivity contribution is 0.281. The molecule has 0 fully saturated rings. The van der Waals surface area contributed by atoms with Crippen LogP contribution in [0.3, 0.4) is 0 Å². The summed E-state index contributed by atoms with van der Waals surface area (Å²) in [5.41, 5.74) is 0.899. The van der Waals surface area contributed by atoms with Crippen molar-refractivity contribution in [2.75, 3.05) is 0 Å². The Morgan fingerprint density at radius 2 is 2.13 bits per heavy atom. The fraction of sp³-hybridized carbons (Fsp3) is 0.222. The smallest absolute Gasteiger partial charge is 0.262 e. The molecule has 15 heavy (non-hydrogen) atoms. The number of hydrogen-bond donors (Lipinski definition) is 1. The molecule has 1 aromatic rings. The quantitative estimate of drug-likeness (QED) is 0.797. The van der Waals surface area contributed by atoms with Crippen molar-refractivity contribution in [3.63, 3.8) is 0 Å². The maximum Gasteiger partial charge on any atom is 0.262 e. The zero-order valence-corrected chi connectivity index (χ0v) is 9.43. The van der Waals surface area contributed by atoms with Crippen molar-refractivity contribution in [2.24, 2.45) is 0 Å². The van der Waals surface area contributed by atoms with Crippen LogP contribution >= 0.6 is 10.7 Å². The highest BCUT2D eigenvalue weighted by atomic mass is 35.7. The molecule has 0 amide bonds. The van der Waals surface area contributed by atoms with Crippen LogP contribution in [0.15, 0.2) is 17.0 Å². The third kappa shape index (κ3) is 2.48. The largest absolute Gasteiger partial charge is 0.392 e. The van der Waals surface area contributed by atoms with Crippen molar-refractivity contribution in [3.8, 4) is 6.07 Å². The molecule has 0 saturated carbocycles. The van der Waals surface area contributed by atoms with E-state index in [1.807, 2.05) is 0 Å². The summed E-state index contributed by atoms with van der Waals surface area (Å²) in [6, 6.07) is 4.52. The van der Waals surface area contributed by atoms with E-state index in [0.29, 0.717) is 11.1 Å². The highest BCUT2D eigenvalue weighted by molar-refractivity contribution is 8.13. The number of benzene rings is 1. The predicted octanol–water partition coefficient (Wildman–Crippen LogP) is 1.29. The zero-order valence-electron chi connectivity index (χ0n) is 7.86. The minimum absolute atomic E-state index is 0.0159. The van der Waals surface area contributed by atoms with Crippen LogP contribution in [0, 0.1) is 18.3 Å². The normalized spacial score (nSPS) is 11.1. The molecular weight excluding hydrogens is 238 g/mol. The van der Waals surface area contributed by atoms with E-state index in [1.54, 1.807) is 19.1 Å². The van der Waals surface area contributed by atoms with E-state index in [9.17, 15) is 8.42 Å². The molecule has 1 rings (SSSR count). The highest BCUT2D eigenvalue weighted by Crippen LogP contribution is 2.24. The van der Waals surface area contributed by atoms with Crippen LogP contribution in [0.2, 0.25) is 0 Å². The number of hydrogen-bond acceptors (Lipinski definition) is 4. The topological polar surface area (TPSA) is 78.2 Å². The highest BCUT2D eigenvalue weighted by Gasteiger charge is 2.18. The van der Waals surface area contributed by atoms with E-state index in [1.165, 1.54) is 6.07 Å². The summed E-state index contributed by atoms with van der Waals surface area (Å²) >= 11 is 0. The van der Waals surface area contributed by atoms with E-state index >= 15 is 0 Å². The lowest BCUT2D eigenvalue weighted by Crippen LogP contribution is -2.00. The Morgan fingerprint density at radius 1 is 1.53 bits per heavy atom. The maximum absolute atomic E-state index is 11.2. The van der Waals surface area contributed by atoms with Gasteiger partial charge in [-0.3, -0.25) is 0 Å². The van der Waals surface area contributed by atoms with Gasteiger partial charge < -0.3 is 5.11 Å². The molecule has 0 bridgehead atoms. The molecule has 1 N–H and O–H groups in total. The molecule has 0 saturated heterocycles. The zero-order chi connectivity index (χ0) is 11.6. The molecule has 4 nitrogen and oxygen atoms in total. The SMILES string of the molecule is Cc1cc(CO)cc(S(=O)(=O)Cl)c1C#N. The second kappa shape index (κ2) is 4.19. The van der Waals surface area contributed by atoms with Gasteiger partial charge in [0.1, 0.15) is 11.0 Å². The van der Waals surface area contributed by atoms with Gasteiger partial charge in [-0.25, -0.2) is 8.42 Å². The fourth-order valence-corrected chi connectivity index (χ4v) is 2.36. The van der Waals surface area contributed by atoms with Crippen molar-refractivity contribution >= 4 is 19.7 Å². The first-order chi connectivity index (χ1) is 6.90. The van der Waals surface area contributed by atoms with Crippen LogP contribution in [0.4, 0.5) is 0 Å². The summed E-state index contributed by atoms with van der Waals surface area (Å²) in [7, 11) is 1.22. The summed E-state index contributed by atoms with van der Waals surface area (Å²) in [6.07, 6.45) is 0. The molecule has 0 spiro atoms. The predicted molar refractivity (Wildman–Crippen MR) is 54.9 cm³/mol. The van der Waals surface area contributed by atoms with E-state index < -0.39 is 9.05 Å². The van der Waals surface area contributed by atoms with E-state index in [0.717, 1.165) is 0 Å². The molecule has 0 radical (unpaired) electrons. The molecular formula is C9H8ClNO3S. The van der Waals surface area contributed by atoms with Crippen molar-refractivity contribution in [2.45, 2.75) is 18.4 Å².